The van der Waals surface area contributed by atoms with E-state index >= 15 is 0 Å². The molecular formula is C41H27BN6. The van der Waals surface area contributed by atoms with Gasteiger partial charge < -0.3 is 4.81 Å². The van der Waals surface area contributed by atoms with Gasteiger partial charge in [-0.15, -0.1) is 0 Å². The first-order chi connectivity index (χ1) is 23.8. The molecule has 9 rings (SSSR count). The van der Waals surface area contributed by atoms with Crippen LogP contribution < -0.4 is 10.3 Å². The zero-order valence-electron chi connectivity index (χ0n) is 25.8. The molecule has 2 aliphatic heterocycles. The summed E-state index contributed by atoms with van der Waals surface area (Å²) in [7, 11) is 0. The van der Waals surface area contributed by atoms with Gasteiger partial charge in [-0.1, -0.05) is 103 Å². The molecule has 0 aliphatic carbocycles. The van der Waals surface area contributed by atoms with Crippen molar-refractivity contribution in [1.82, 2.24) is 24.9 Å². The van der Waals surface area contributed by atoms with Gasteiger partial charge in [0.05, 0.1) is 0 Å². The quantitative estimate of drug-likeness (QED) is 0.182. The molecule has 0 unspecified atom stereocenters. The highest BCUT2D eigenvalue weighted by molar-refractivity contribution is 6.84. The zero-order chi connectivity index (χ0) is 31.9. The van der Waals surface area contributed by atoms with Crippen molar-refractivity contribution < 1.29 is 0 Å². The van der Waals surface area contributed by atoms with E-state index in [0.717, 1.165) is 22.4 Å². The minimum Gasteiger partial charge on any atom is -0.383 e. The Kier molecular flexibility index (Phi) is 6.79. The molecule has 224 valence electrons. The Labute approximate surface area is 279 Å². The fraction of sp³-hybridized carbons (Fsp3) is 0. The largest absolute Gasteiger partial charge is 0.383 e. The summed E-state index contributed by atoms with van der Waals surface area (Å²) in [5.74, 6) is 3.83. The van der Waals surface area contributed by atoms with Gasteiger partial charge >= 0.3 is 6.85 Å². The van der Waals surface area contributed by atoms with Crippen molar-refractivity contribution in [3.8, 4) is 67.8 Å². The first-order valence-electron chi connectivity index (χ1n) is 16.0. The third-order valence-electron chi connectivity index (χ3n) is 8.86. The van der Waals surface area contributed by atoms with Crippen LogP contribution in [0, 0.1) is 0 Å². The first-order valence-corrected chi connectivity index (χ1v) is 16.0. The lowest BCUT2D eigenvalue weighted by molar-refractivity contribution is 1.05. The minimum absolute atomic E-state index is 0.0338. The zero-order valence-corrected chi connectivity index (χ0v) is 25.8. The van der Waals surface area contributed by atoms with Crippen molar-refractivity contribution in [2.75, 3.05) is 4.81 Å². The van der Waals surface area contributed by atoms with Crippen LogP contribution in [0.1, 0.15) is 0 Å². The van der Waals surface area contributed by atoms with Gasteiger partial charge in [0.15, 0.2) is 17.5 Å². The Morgan fingerprint density at radius 1 is 0.479 bits per heavy atom. The maximum Gasteiger partial charge on any atom is 0.320 e. The molecule has 0 saturated heterocycles. The number of allylic oxidation sites excluding steroid dienone is 2. The third-order valence-corrected chi connectivity index (χ3v) is 8.86. The van der Waals surface area contributed by atoms with Crippen molar-refractivity contribution in [1.29, 1.82) is 0 Å². The molecule has 7 aromatic rings. The van der Waals surface area contributed by atoms with Crippen molar-refractivity contribution in [2.45, 2.75) is 0 Å². The number of pyridine rings is 2. The number of anilines is 1. The van der Waals surface area contributed by atoms with E-state index in [0.29, 0.717) is 28.9 Å². The van der Waals surface area contributed by atoms with Gasteiger partial charge in [0.1, 0.15) is 11.4 Å². The van der Waals surface area contributed by atoms with Crippen LogP contribution in [0.4, 0.5) is 5.69 Å². The van der Waals surface area contributed by atoms with Crippen LogP contribution in [-0.2, 0) is 0 Å². The molecule has 3 aromatic heterocycles. The lowest BCUT2D eigenvalue weighted by Crippen LogP contribution is -2.49. The molecular weight excluding hydrogens is 587 g/mol. The number of hydrogen-bond acceptors (Lipinski definition) is 6. The molecule has 0 saturated carbocycles. The van der Waals surface area contributed by atoms with Crippen LogP contribution in [-0.4, -0.2) is 31.8 Å². The summed E-state index contributed by atoms with van der Waals surface area (Å²) in [6.07, 6.45) is 9.91. The molecule has 0 spiro atoms. The summed E-state index contributed by atoms with van der Waals surface area (Å²) in [6, 6.07) is 43.9. The summed E-state index contributed by atoms with van der Waals surface area (Å²) >= 11 is 0. The van der Waals surface area contributed by atoms with Gasteiger partial charge in [-0.3, -0.25) is 9.97 Å². The lowest BCUT2D eigenvalue weighted by atomic mass is 9.49. The summed E-state index contributed by atoms with van der Waals surface area (Å²) < 4.78 is 0. The Bertz CT molecular complexity index is 2290. The van der Waals surface area contributed by atoms with E-state index < -0.39 is 0 Å². The average Bonchev–Trinajstić information content (AvgIpc) is 3.18. The molecule has 0 fully saturated rings. The third kappa shape index (κ3) is 4.89. The van der Waals surface area contributed by atoms with E-state index in [-0.39, 0.29) is 6.85 Å². The SMILES string of the molecule is C1=CB2c3cc(-c4ccccc4)ccc3-c3c(-c4ccccc4)cc(-c4nc(-c5ccccn5)nc(-c5ccccn5)n4)cc3N2C=C1. The Hall–Kier alpha value is -6.47. The van der Waals surface area contributed by atoms with Gasteiger partial charge in [0.2, 0.25) is 0 Å². The summed E-state index contributed by atoms with van der Waals surface area (Å²) in [4.78, 5) is 26.3. The number of hydrogen-bond donors (Lipinski definition) is 0. The molecule has 0 N–H and O–H groups in total. The van der Waals surface area contributed by atoms with E-state index in [2.05, 4.69) is 130 Å². The summed E-state index contributed by atoms with van der Waals surface area (Å²) in [6.45, 7) is 0.0338. The fourth-order valence-electron chi connectivity index (χ4n) is 6.64. The highest BCUT2D eigenvalue weighted by Crippen LogP contribution is 2.46. The van der Waals surface area contributed by atoms with Gasteiger partial charge in [-0.25, -0.2) is 15.0 Å². The Morgan fingerprint density at radius 2 is 1.12 bits per heavy atom. The first kappa shape index (κ1) is 27.8. The number of nitrogens with zero attached hydrogens (tertiary/aromatic N) is 6. The number of aromatic nitrogens is 5. The molecule has 0 radical (unpaired) electrons. The lowest BCUT2D eigenvalue weighted by Gasteiger charge is -2.38. The molecule has 2 aliphatic rings. The second kappa shape index (κ2) is 11.7. The van der Waals surface area contributed by atoms with Crippen LogP contribution in [0.15, 0.2) is 164 Å². The van der Waals surface area contributed by atoms with Gasteiger partial charge in [0, 0.05) is 29.2 Å². The Balaban J connectivity index is 1.30. The van der Waals surface area contributed by atoms with Crippen LogP contribution >= 0.6 is 0 Å². The topological polar surface area (TPSA) is 67.7 Å². The van der Waals surface area contributed by atoms with Gasteiger partial charge in [-0.05, 0) is 82.0 Å². The number of rotatable bonds is 5. The molecule has 6 nitrogen and oxygen atoms in total. The van der Waals surface area contributed by atoms with E-state index in [9.17, 15) is 0 Å². The predicted molar refractivity (Wildman–Crippen MR) is 194 cm³/mol. The van der Waals surface area contributed by atoms with Crippen molar-refractivity contribution >= 4 is 18.0 Å². The van der Waals surface area contributed by atoms with Gasteiger partial charge in [-0.2, -0.15) is 0 Å². The standard InChI is InChI=1S/C41H27BN6/c1-3-13-28(14-4-1)30-19-20-32-34(26-30)42-21-9-12-24-48(42)37-27-31(25-33(38(32)37)29-15-5-2-6-16-29)39-45-40(35-17-7-10-22-43-35)47-41(46-39)36-18-8-11-23-44-36/h1-27H. The Morgan fingerprint density at radius 3 is 1.79 bits per heavy atom. The highest BCUT2D eigenvalue weighted by Gasteiger charge is 2.35. The maximum atomic E-state index is 5.01. The van der Waals surface area contributed by atoms with Crippen LogP contribution in [0.2, 0.25) is 0 Å². The normalized spacial score (nSPS) is 12.8. The van der Waals surface area contributed by atoms with Crippen molar-refractivity contribution in [3.63, 3.8) is 0 Å². The van der Waals surface area contributed by atoms with E-state index in [1.807, 2.05) is 36.4 Å². The molecule has 48 heavy (non-hydrogen) atoms. The monoisotopic (exact) mass is 614 g/mol. The van der Waals surface area contributed by atoms with E-state index in [4.69, 9.17) is 15.0 Å². The maximum absolute atomic E-state index is 5.01. The van der Waals surface area contributed by atoms with Crippen molar-refractivity contribution in [3.05, 3.63) is 164 Å². The second-order valence-electron chi connectivity index (χ2n) is 11.8. The summed E-state index contributed by atoms with van der Waals surface area (Å²) in [5, 5.41) is 0. The van der Waals surface area contributed by atoms with Crippen LogP contribution in [0.3, 0.4) is 0 Å². The number of benzene rings is 4. The molecule has 4 aromatic carbocycles. The van der Waals surface area contributed by atoms with Gasteiger partial charge in [0.25, 0.3) is 0 Å². The molecule has 0 bridgehead atoms. The molecule has 0 atom stereocenters. The smallest absolute Gasteiger partial charge is 0.320 e. The second-order valence-corrected chi connectivity index (χ2v) is 11.8. The van der Waals surface area contributed by atoms with E-state index in [1.165, 1.54) is 27.7 Å². The molecule has 0 amide bonds. The van der Waals surface area contributed by atoms with Crippen LogP contribution in [0.25, 0.3) is 67.8 Å². The minimum atomic E-state index is 0.0338. The summed E-state index contributed by atoms with van der Waals surface area (Å²) in [5.41, 5.74) is 11.6. The average molecular weight is 615 g/mol. The van der Waals surface area contributed by atoms with Crippen molar-refractivity contribution in [2.24, 2.45) is 0 Å². The predicted octanol–water partition coefficient (Wildman–Crippen LogP) is 8.30. The van der Waals surface area contributed by atoms with E-state index in [1.54, 1.807) is 12.4 Å². The molecule has 5 heterocycles. The van der Waals surface area contributed by atoms with Crippen LogP contribution in [0.5, 0.6) is 0 Å². The fourth-order valence-corrected chi connectivity index (χ4v) is 6.64. The molecule has 7 heteroatoms. The number of fused-ring (bicyclic) bond motifs is 6. The highest BCUT2D eigenvalue weighted by atomic mass is 15.1.